The van der Waals surface area contributed by atoms with E-state index in [4.69, 9.17) is 9.05 Å². The lowest BCUT2D eigenvalue weighted by Crippen LogP contribution is -2.45. The number of phosphoric ester groups is 1. The van der Waals surface area contributed by atoms with E-state index in [1.165, 1.54) is 44.9 Å². The summed E-state index contributed by atoms with van der Waals surface area (Å²) in [5.74, 6) is -0.226. The highest BCUT2D eigenvalue weighted by Gasteiger charge is 2.23. The van der Waals surface area contributed by atoms with Gasteiger partial charge in [-0.25, -0.2) is 0 Å². The summed E-state index contributed by atoms with van der Waals surface area (Å²) in [7, 11) is 1.21. The summed E-state index contributed by atoms with van der Waals surface area (Å²) in [6.07, 6.45) is 68.4. The van der Waals surface area contributed by atoms with Crippen molar-refractivity contribution >= 4 is 13.7 Å². The number of carbonyl (C=O) groups excluding carboxylic acids is 1. The Balaban J connectivity index is 4.24. The van der Waals surface area contributed by atoms with Crippen LogP contribution in [0, 0.1) is 0 Å². The number of amides is 1. The maximum atomic E-state index is 12.9. The zero-order valence-electron chi connectivity index (χ0n) is 41.9. The van der Waals surface area contributed by atoms with Gasteiger partial charge in [-0.15, -0.1) is 0 Å². The van der Waals surface area contributed by atoms with Crippen molar-refractivity contribution in [2.24, 2.45) is 0 Å². The van der Waals surface area contributed by atoms with Crippen molar-refractivity contribution in [1.82, 2.24) is 5.32 Å². The molecule has 0 rings (SSSR count). The van der Waals surface area contributed by atoms with Crippen LogP contribution >= 0.6 is 7.82 Å². The fourth-order valence-electron chi connectivity index (χ4n) is 6.38. The first-order chi connectivity index (χ1) is 31.5. The summed E-state index contributed by atoms with van der Waals surface area (Å²) in [6.45, 7) is 4.42. The van der Waals surface area contributed by atoms with Crippen LogP contribution in [0.15, 0.2) is 122 Å². The highest BCUT2D eigenvalue weighted by Crippen LogP contribution is 2.38. The SMILES string of the molecule is CC/C=C\C/C=C\C/C=C\C/C=C\C/C=C\C/C=C\C/C=C\CCCCCCCCCCCC(=O)NC(COP(=O)([O-])OCC[N+](C)(C)C)C(O)/C=C/CC/C=C/CC/C=C/CCCC. The number of aliphatic hydroxyl groups is 1. The normalized spacial score (nSPS) is 15.1. The van der Waals surface area contributed by atoms with Crippen LogP contribution in [0.4, 0.5) is 0 Å². The predicted molar refractivity (Wildman–Crippen MR) is 279 cm³/mol. The summed E-state index contributed by atoms with van der Waals surface area (Å²) in [4.78, 5) is 25.4. The van der Waals surface area contributed by atoms with E-state index >= 15 is 0 Å². The first kappa shape index (κ1) is 61.9. The number of nitrogens with zero attached hydrogens (tertiary/aromatic N) is 1. The summed E-state index contributed by atoms with van der Waals surface area (Å²) < 4.78 is 23.2. The number of carbonyl (C=O) groups is 1. The van der Waals surface area contributed by atoms with Crippen LogP contribution in [-0.2, 0) is 18.4 Å². The van der Waals surface area contributed by atoms with Gasteiger partial charge in [0.1, 0.15) is 13.2 Å². The van der Waals surface area contributed by atoms with E-state index in [1.54, 1.807) is 6.08 Å². The van der Waals surface area contributed by atoms with Gasteiger partial charge < -0.3 is 28.8 Å². The van der Waals surface area contributed by atoms with Gasteiger partial charge in [-0.1, -0.05) is 193 Å². The minimum absolute atomic E-state index is 0.0170. The quantitative estimate of drug-likeness (QED) is 0.0273. The maximum Gasteiger partial charge on any atom is 0.268 e. The molecule has 0 aromatic heterocycles. The third-order valence-electron chi connectivity index (χ3n) is 10.4. The molecule has 370 valence electrons. The van der Waals surface area contributed by atoms with E-state index in [-0.39, 0.29) is 12.5 Å². The van der Waals surface area contributed by atoms with Crippen molar-refractivity contribution in [2.75, 3.05) is 40.9 Å². The predicted octanol–water partition coefficient (Wildman–Crippen LogP) is 14.4. The Hall–Kier alpha value is -3.10. The molecule has 3 unspecified atom stereocenters. The highest BCUT2D eigenvalue weighted by molar-refractivity contribution is 7.45. The summed E-state index contributed by atoms with van der Waals surface area (Å²) in [5, 5.41) is 13.7. The van der Waals surface area contributed by atoms with Crippen molar-refractivity contribution in [1.29, 1.82) is 0 Å². The van der Waals surface area contributed by atoms with Gasteiger partial charge in [-0.3, -0.25) is 9.36 Å². The van der Waals surface area contributed by atoms with Crippen LogP contribution in [0.1, 0.15) is 174 Å². The molecule has 0 fully saturated rings. The zero-order chi connectivity index (χ0) is 47.8. The second-order valence-electron chi connectivity index (χ2n) is 17.8. The van der Waals surface area contributed by atoms with Crippen LogP contribution in [0.25, 0.3) is 0 Å². The first-order valence-electron chi connectivity index (χ1n) is 25.4. The molecule has 8 nitrogen and oxygen atoms in total. The molecule has 0 aliphatic rings. The van der Waals surface area contributed by atoms with E-state index in [2.05, 4.69) is 129 Å². The van der Waals surface area contributed by atoms with Crippen molar-refractivity contribution in [2.45, 2.75) is 187 Å². The van der Waals surface area contributed by atoms with E-state index < -0.39 is 26.6 Å². The molecule has 2 N–H and O–H groups in total. The number of hydrogen-bond acceptors (Lipinski definition) is 6. The highest BCUT2D eigenvalue weighted by atomic mass is 31.2. The number of unbranched alkanes of at least 4 members (excludes halogenated alkanes) is 13. The number of phosphoric acid groups is 1. The van der Waals surface area contributed by atoms with E-state index in [0.717, 1.165) is 109 Å². The van der Waals surface area contributed by atoms with E-state index in [0.29, 0.717) is 17.4 Å². The fourth-order valence-corrected chi connectivity index (χ4v) is 7.11. The second kappa shape index (κ2) is 46.0. The van der Waals surface area contributed by atoms with Gasteiger partial charge in [0.05, 0.1) is 39.9 Å². The maximum absolute atomic E-state index is 12.9. The van der Waals surface area contributed by atoms with Crippen molar-refractivity contribution in [3.05, 3.63) is 122 Å². The van der Waals surface area contributed by atoms with Crippen molar-refractivity contribution in [3.8, 4) is 0 Å². The smallest absolute Gasteiger partial charge is 0.268 e. The third-order valence-corrected chi connectivity index (χ3v) is 11.3. The number of nitrogens with one attached hydrogen (secondary N) is 1. The molecule has 0 aliphatic heterocycles. The van der Waals surface area contributed by atoms with Gasteiger partial charge >= 0.3 is 0 Å². The molecule has 65 heavy (non-hydrogen) atoms. The standard InChI is InChI=1S/C56H95N2O6P/c1-6-8-10-12-14-16-18-20-21-22-23-24-25-26-27-28-29-30-31-32-33-34-35-36-37-38-40-42-44-46-48-50-56(60)57-54(53-64-65(61,62)63-52-51-58(3,4)5)55(59)49-47-45-43-41-39-19-17-15-13-11-9-7-2/h8,10,13-16,20-21,23-24,26-27,29-30,32-33,39,41,47,49,54-55,59H,6-7,9,11-12,17-19,22,25,28,31,34-38,40,42-46,48,50-53H2,1-5H3,(H-,57,60,61,62)/b10-8-,15-13+,16-14-,21-20-,24-23-,27-26-,30-29-,33-32-,41-39+,49-47+. The Morgan fingerprint density at radius 2 is 0.954 bits per heavy atom. The lowest BCUT2D eigenvalue weighted by Gasteiger charge is -2.29. The van der Waals surface area contributed by atoms with Crippen molar-refractivity contribution in [3.63, 3.8) is 0 Å². The van der Waals surface area contributed by atoms with E-state index in [9.17, 15) is 19.4 Å². The van der Waals surface area contributed by atoms with Crippen LogP contribution in [0.2, 0.25) is 0 Å². The van der Waals surface area contributed by atoms with Crippen LogP contribution < -0.4 is 10.2 Å². The minimum Gasteiger partial charge on any atom is -0.756 e. The van der Waals surface area contributed by atoms with Crippen LogP contribution in [-0.4, -0.2) is 68.5 Å². The molecule has 3 atom stereocenters. The summed E-state index contributed by atoms with van der Waals surface area (Å²) in [6, 6.07) is -0.920. The molecular weight excluding hydrogens is 828 g/mol. The van der Waals surface area contributed by atoms with Crippen molar-refractivity contribution < 1.29 is 32.9 Å². The molecule has 0 bridgehead atoms. The molecule has 0 saturated carbocycles. The lowest BCUT2D eigenvalue weighted by molar-refractivity contribution is -0.870. The Kier molecular flexibility index (Phi) is 43.8. The fraction of sp³-hybridized carbons (Fsp3) is 0.625. The number of likely N-dealkylation sites (N-methyl/N-ethyl adjacent to an activating group) is 1. The average Bonchev–Trinajstić information content (AvgIpc) is 3.26. The molecule has 0 aromatic rings. The van der Waals surface area contributed by atoms with E-state index in [1.807, 2.05) is 27.2 Å². The molecule has 0 radical (unpaired) electrons. The molecule has 9 heteroatoms. The largest absolute Gasteiger partial charge is 0.756 e. The summed E-state index contributed by atoms with van der Waals surface area (Å²) in [5.41, 5.74) is 0. The Bertz CT molecular complexity index is 1460. The van der Waals surface area contributed by atoms with Gasteiger partial charge in [0, 0.05) is 6.42 Å². The molecule has 0 saturated heterocycles. The Morgan fingerprint density at radius 3 is 1.43 bits per heavy atom. The number of quaternary nitrogens is 1. The molecule has 0 heterocycles. The van der Waals surface area contributed by atoms with Crippen LogP contribution in [0.3, 0.4) is 0 Å². The van der Waals surface area contributed by atoms with Gasteiger partial charge in [0.15, 0.2) is 0 Å². The Labute approximate surface area is 399 Å². The number of aliphatic hydroxyl groups excluding tert-OH is 1. The molecule has 0 aliphatic carbocycles. The summed E-state index contributed by atoms with van der Waals surface area (Å²) >= 11 is 0. The Morgan fingerprint density at radius 1 is 0.554 bits per heavy atom. The van der Waals surface area contributed by atoms with Gasteiger partial charge in [-0.05, 0) is 96.3 Å². The monoisotopic (exact) mass is 923 g/mol. The van der Waals surface area contributed by atoms with Gasteiger partial charge in [-0.2, -0.15) is 0 Å². The average molecular weight is 923 g/mol. The van der Waals surface area contributed by atoms with Crippen LogP contribution in [0.5, 0.6) is 0 Å². The third kappa shape index (κ3) is 48.6. The van der Waals surface area contributed by atoms with Gasteiger partial charge in [0.2, 0.25) is 5.91 Å². The number of hydrogen-bond donors (Lipinski definition) is 2. The molecule has 0 aromatic carbocycles. The first-order valence-corrected chi connectivity index (χ1v) is 26.9. The molecule has 0 spiro atoms. The molecule has 1 amide bonds. The lowest BCUT2D eigenvalue weighted by atomic mass is 10.1. The minimum atomic E-state index is -4.61. The molecular formula is C56H95N2O6P. The second-order valence-corrected chi connectivity index (χ2v) is 19.2. The van der Waals surface area contributed by atoms with Gasteiger partial charge in [0.25, 0.3) is 7.82 Å². The zero-order valence-corrected chi connectivity index (χ0v) is 42.8. The topological polar surface area (TPSA) is 108 Å². The number of allylic oxidation sites excluding steroid dienone is 19. The number of rotatable bonds is 44.